The van der Waals surface area contributed by atoms with E-state index in [9.17, 15) is 0 Å². The Morgan fingerprint density at radius 1 is 1.25 bits per heavy atom. The fourth-order valence-corrected chi connectivity index (χ4v) is 1.62. The lowest BCUT2D eigenvalue weighted by Crippen LogP contribution is -2.26. The summed E-state index contributed by atoms with van der Waals surface area (Å²) >= 11 is 0. The van der Waals surface area contributed by atoms with Gasteiger partial charge in [0.05, 0.1) is 6.61 Å². The SMILES string of the molecule is Cc1ccc(C(N)CCN(C)CCO)cc1. The molecule has 0 saturated heterocycles. The molecular formula is C13H22N2O. The number of likely N-dealkylation sites (N-methyl/N-ethyl adjacent to an activating group) is 1. The highest BCUT2D eigenvalue weighted by molar-refractivity contribution is 5.23. The number of aryl methyl sites for hydroxylation is 1. The lowest BCUT2D eigenvalue weighted by Gasteiger charge is -2.18. The highest BCUT2D eigenvalue weighted by Crippen LogP contribution is 2.14. The molecular weight excluding hydrogens is 200 g/mol. The van der Waals surface area contributed by atoms with Gasteiger partial charge >= 0.3 is 0 Å². The molecule has 0 aliphatic rings. The molecule has 0 amide bonds. The molecule has 1 atom stereocenters. The Balaban J connectivity index is 2.40. The van der Waals surface area contributed by atoms with Crippen LogP contribution in [0.15, 0.2) is 24.3 Å². The summed E-state index contributed by atoms with van der Waals surface area (Å²) in [5.74, 6) is 0. The number of hydrogen-bond donors (Lipinski definition) is 2. The summed E-state index contributed by atoms with van der Waals surface area (Å²) in [5, 5.41) is 8.78. The van der Waals surface area contributed by atoms with Gasteiger partial charge in [-0.25, -0.2) is 0 Å². The van der Waals surface area contributed by atoms with E-state index in [0.717, 1.165) is 13.0 Å². The third-order valence-electron chi connectivity index (χ3n) is 2.81. The van der Waals surface area contributed by atoms with Gasteiger partial charge in [-0.15, -0.1) is 0 Å². The first-order chi connectivity index (χ1) is 7.63. The summed E-state index contributed by atoms with van der Waals surface area (Å²) < 4.78 is 0. The minimum atomic E-state index is 0.0849. The predicted molar refractivity (Wildman–Crippen MR) is 67.3 cm³/mol. The number of rotatable bonds is 6. The zero-order valence-corrected chi connectivity index (χ0v) is 10.2. The quantitative estimate of drug-likeness (QED) is 0.763. The van der Waals surface area contributed by atoms with Gasteiger partial charge in [-0.3, -0.25) is 0 Å². The Morgan fingerprint density at radius 2 is 1.88 bits per heavy atom. The van der Waals surface area contributed by atoms with Crippen LogP contribution in [0.4, 0.5) is 0 Å². The molecule has 1 rings (SSSR count). The maximum absolute atomic E-state index is 8.78. The van der Waals surface area contributed by atoms with Crippen LogP contribution in [0, 0.1) is 6.92 Å². The first-order valence-corrected chi connectivity index (χ1v) is 5.75. The van der Waals surface area contributed by atoms with Crippen LogP contribution in [0.2, 0.25) is 0 Å². The molecule has 0 bridgehead atoms. The van der Waals surface area contributed by atoms with Crippen molar-refractivity contribution in [2.24, 2.45) is 5.73 Å². The summed E-state index contributed by atoms with van der Waals surface area (Å²) in [6.07, 6.45) is 0.916. The van der Waals surface area contributed by atoms with Crippen LogP contribution in [-0.2, 0) is 0 Å². The molecule has 3 nitrogen and oxygen atoms in total. The number of nitrogens with two attached hydrogens (primary N) is 1. The molecule has 0 radical (unpaired) electrons. The fraction of sp³-hybridized carbons (Fsp3) is 0.538. The van der Waals surface area contributed by atoms with E-state index in [1.165, 1.54) is 11.1 Å². The van der Waals surface area contributed by atoms with Gasteiger partial charge in [0.1, 0.15) is 0 Å². The first kappa shape index (κ1) is 13.2. The molecule has 0 heterocycles. The normalized spacial score (nSPS) is 13.1. The third-order valence-corrected chi connectivity index (χ3v) is 2.81. The fourth-order valence-electron chi connectivity index (χ4n) is 1.62. The average Bonchev–Trinajstić information content (AvgIpc) is 2.27. The van der Waals surface area contributed by atoms with Crippen molar-refractivity contribution in [3.8, 4) is 0 Å². The zero-order chi connectivity index (χ0) is 12.0. The second-order valence-electron chi connectivity index (χ2n) is 4.33. The molecule has 1 unspecified atom stereocenters. The molecule has 1 aromatic rings. The minimum absolute atomic E-state index is 0.0849. The highest BCUT2D eigenvalue weighted by atomic mass is 16.3. The van der Waals surface area contributed by atoms with Crippen LogP contribution in [0.1, 0.15) is 23.6 Å². The molecule has 0 spiro atoms. The van der Waals surface area contributed by atoms with Gasteiger partial charge < -0.3 is 15.7 Å². The van der Waals surface area contributed by atoms with E-state index in [4.69, 9.17) is 10.8 Å². The van der Waals surface area contributed by atoms with E-state index in [1.54, 1.807) is 0 Å². The van der Waals surface area contributed by atoms with E-state index in [2.05, 4.69) is 36.1 Å². The Hall–Kier alpha value is -0.900. The largest absolute Gasteiger partial charge is 0.395 e. The average molecular weight is 222 g/mol. The van der Waals surface area contributed by atoms with Crippen molar-refractivity contribution in [3.63, 3.8) is 0 Å². The Bertz CT molecular complexity index is 297. The topological polar surface area (TPSA) is 49.5 Å². The first-order valence-electron chi connectivity index (χ1n) is 5.75. The second kappa shape index (κ2) is 6.63. The van der Waals surface area contributed by atoms with Crippen LogP contribution in [0.5, 0.6) is 0 Å². The number of nitrogens with zero attached hydrogens (tertiary/aromatic N) is 1. The smallest absolute Gasteiger partial charge is 0.0558 e. The Kier molecular flexibility index (Phi) is 5.46. The molecule has 3 heteroatoms. The molecule has 3 N–H and O–H groups in total. The monoisotopic (exact) mass is 222 g/mol. The van der Waals surface area contributed by atoms with Gasteiger partial charge in [0.2, 0.25) is 0 Å². The summed E-state index contributed by atoms with van der Waals surface area (Å²) in [6.45, 7) is 3.90. The second-order valence-corrected chi connectivity index (χ2v) is 4.33. The molecule has 0 aliphatic carbocycles. The number of aliphatic hydroxyl groups excluding tert-OH is 1. The molecule has 16 heavy (non-hydrogen) atoms. The van der Waals surface area contributed by atoms with Crippen LogP contribution >= 0.6 is 0 Å². The lowest BCUT2D eigenvalue weighted by molar-refractivity contribution is 0.217. The Labute approximate surface area is 97.9 Å². The van der Waals surface area contributed by atoms with Gasteiger partial charge in [-0.1, -0.05) is 29.8 Å². The van der Waals surface area contributed by atoms with Crippen LogP contribution in [-0.4, -0.2) is 36.8 Å². The van der Waals surface area contributed by atoms with Gasteiger partial charge in [0.25, 0.3) is 0 Å². The van der Waals surface area contributed by atoms with Gasteiger partial charge in [-0.05, 0) is 32.5 Å². The van der Waals surface area contributed by atoms with Crippen molar-refractivity contribution in [2.45, 2.75) is 19.4 Å². The number of aliphatic hydroxyl groups is 1. The van der Waals surface area contributed by atoms with Crippen LogP contribution in [0.3, 0.4) is 0 Å². The lowest BCUT2D eigenvalue weighted by atomic mass is 10.0. The van der Waals surface area contributed by atoms with Crippen molar-refractivity contribution in [2.75, 3.05) is 26.7 Å². The van der Waals surface area contributed by atoms with Crippen molar-refractivity contribution < 1.29 is 5.11 Å². The van der Waals surface area contributed by atoms with Gasteiger partial charge in [-0.2, -0.15) is 0 Å². The molecule has 0 aliphatic heterocycles. The Morgan fingerprint density at radius 3 is 2.44 bits per heavy atom. The van der Waals surface area contributed by atoms with E-state index >= 15 is 0 Å². The van der Waals surface area contributed by atoms with E-state index < -0.39 is 0 Å². The molecule has 0 saturated carbocycles. The van der Waals surface area contributed by atoms with Crippen molar-refractivity contribution in [1.82, 2.24) is 4.90 Å². The minimum Gasteiger partial charge on any atom is -0.395 e. The maximum Gasteiger partial charge on any atom is 0.0558 e. The van der Waals surface area contributed by atoms with Crippen molar-refractivity contribution >= 4 is 0 Å². The van der Waals surface area contributed by atoms with Crippen LogP contribution < -0.4 is 5.73 Å². The van der Waals surface area contributed by atoms with Crippen LogP contribution in [0.25, 0.3) is 0 Å². The van der Waals surface area contributed by atoms with Gasteiger partial charge in [0.15, 0.2) is 0 Å². The van der Waals surface area contributed by atoms with E-state index in [0.29, 0.717) is 6.54 Å². The summed E-state index contributed by atoms with van der Waals surface area (Å²) in [4.78, 5) is 2.09. The number of hydrogen-bond acceptors (Lipinski definition) is 3. The van der Waals surface area contributed by atoms with E-state index in [1.807, 2.05) is 7.05 Å². The maximum atomic E-state index is 8.78. The van der Waals surface area contributed by atoms with Gasteiger partial charge in [0, 0.05) is 12.6 Å². The highest BCUT2D eigenvalue weighted by Gasteiger charge is 2.06. The standard InChI is InChI=1S/C13H22N2O/c1-11-3-5-12(6-4-11)13(14)7-8-15(2)9-10-16/h3-6,13,16H,7-10,14H2,1-2H3. The van der Waals surface area contributed by atoms with E-state index in [-0.39, 0.29) is 12.6 Å². The predicted octanol–water partition coefficient (Wildman–Crippen LogP) is 1.31. The molecule has 1 aromatic carbocycles. The zero-order valence-electron chi connectivity index (χ0n) is 10.2. The number of benzene rings is 1. The summed E-state index contributed by atoms with van der Waals surface area (Å²) in [7, 11) is 2.00. The molecule has 0 fully saturated rings. The summed E-state index contributed by atoms with van der Waals surface area (Å²) in [5.41, 5.74) is 8.54. The molecule has 90 valence electrons. The van der Waals surface area contributed by atoms with Crippen molar-refractivity contribution in [3.05, 3.63) is 35.4 Å². The third kappa shape index (κ3) is 4.31. The van der Waals surface area contributed by atoms with Crippen molar-refractivity contribution in [1.29, 1.82) is 0 Å². The summed E-state index contributed by atoms with van der Waals surface area (Å²) in [6, 6.07) is 8.44. The molecule has 0 aromatic heterocycles.